The van der Waals surface area contributed by atoms with Crippen LogP contribution >= 0.6 is 0 Å². The van der Waals surface area contributed by atoms with E-state index >= 15 is 0 Å². The number of fused-ring (bicyclic) bond motifs is 2. The molecule has 3 rings (SSSR count). The number of hydrogen-bond acceptors (Lipinski definition) is 0. The molecular weight excluding hydrogens is 156 g/mol. The first-order chi connectivity index (χ1) is 6.07. The summed E-state index contributed by atoms with van der Waals surface area (Å²) < 4.78 is 0. The summed E-state index contributed by atoms with van der Waals surface area (Å²) in [6.45, 7) is 9.59. The lowest BCUT2D eigenvalue weighted by molar-refractivity contribution is -0.0445. The van der Waals surface area contributed by atoms with Gasteiger partial charge in [-0.15, -0.1) is 0 Å². The van der Waals surface area contributed by atoms with Crippen molar-refractivity contribution >= 4 is 0 Å². The predicted octanol–water partition coefficient (Wildman–Crippen LogP) is 4.02. The minimum atomic E-state index is 0.619. The van der Waals surface area contributed by atoms with E-state index in [0.29, 0.717) is 5.41 Å². The first-order valence-electron chi connectivity index (χ1n) is 5.77. The summed E-state index contributed by atoms with van der Waals surface area (Å²) in [4.78, 5) is 0. The predicted molar refractivity (Wildman–Crippen MR) is 57.5 cm³/mol. The van der Waals surface area contributed by atoms with Crippen molar-refractivity contribution in [3.8, 4) is 0 Å². The molecule has 3 saturated carbocycles. The molecule has 0 aromatic rings. The fourth-order valence-electron chi connectivity index (χ4n) is 3.47. The summed E-state index contributed by atoms with van der Waals surface area (Å²) in [6.07, 6.45) is 6.63. The Labute approximate surface area is 82.4 Å². The van der Waals surface area contributed by atoms with Crippen LogP contribution in [-0.2, 0) is 0 Å². The zero-order valence-corrected chi connectivity index (χ0v) is 9.43. The third-order valence-corrected chi connectivity index (χ3v) is 4.52. The van der Waals surface area contributed by atoms with Crippen LogP contribution in [0.25, 0.3) is 0 Å². The molecule has 0 nitrogen and oxygen atoms in total. The van der Waals surface area contributed by atoms with Gasteiger partial charge in [0.2, 0.25) is 0 Å². The smallest absolute Gasteiger partial charge is 0.0144 e. The van der Waals surface area contributed by atoms with Crippen molar-refractivity contribution in [2.45, 2.75) is 47.0 Å². The van der Waals surface area contributed by atoms with Gasteiger partial charge in [-0.05, 0) is 42.4 Å². The molecular formula is C13H22. The summed E-state index contributed by atoms with van der Waals surface area (Å²) in [7, 11) is 0. The Bertz CT molecular complexity index is 234. The Morgan fingerprint density at radius 1 is 1.38 bits per heavy atom. The van der Waals surface area contributed by atoms with Crippen molar-refractivity contribution in [1.82, 2.24) is 0 Å². The lowest BCUT2D eigenvalue weighted by Gasteiger charge is -2.60. The number of rotatable bonds is 1. The van der Waals surface area contributed by atoms with Gasteiger partial charge in [0.25, 0.3) is 0 Å². The second-order valence-electron chi connectivity index (χ2n) is 5.56. The van der Waals surface area contributed by atoms with E-state index in [1.165, 1.54) is 19.3 Å². The van der Waals surface area contributed by atoms with Gasteiger partial charge in [0.05, 0.1) is 0 Å². The van der Waals surface area contributed by atoms with Crippen molar-refractivity contribution in [2.24, 2.45) is 23.2 Å². The van der Waals surface area contributed by atoms with Crippen molar-refractivity contribution in [3.05, 3.63) is 11.6 Å². The van der Waals surface area contributed by atoms with Gasteiger partial charge in [-0.25, -0.2) is 0 Å². The summed E-state index contributed by atoms with van der Waals surface area (Å²) in [5.41, 5.74) is 2.39. The second kappa shape index (κ2) is 2.87. The lowest BCUT2D eigenvalue weighted by Crippen LogP contribution is -2.51. The van der Waals surface area contributed by atoms with Crippen LogP contribution in [0, 0.1) is 23.2 Å². The fraction of sp³-hybridized carbons (Fsp3) is 0.846. The van der Waals surface area contributed by atoms with Gasteiger partial charge in [-0.3, -0.25) is 0 Å². The van der Waals surface area contributed by atoms with Gasteiger partial charge in [0.15, 0.2) is 0 Å². The highest BCUT2D eigenvalue weighted by Crippen LogP contribution is 2.62. The van der Waals surface area contributed by atoms with Crippen molar-refractivity contribution in [3.63, 3.8) is 0 Å². The Morgan fingerprint density at radius 3 is 2.62 bits per heavy atom. The molecule has 2 bridgehead atoms. The van der Waals surface area contributed by atoms with Crippen LogP contribution in [0.5, 0.6) is 0 Å². The molecule has 0 aromatic heterocycles. The lowest BCUT2D eigenvalue weighted by atomic mass is 9.45. The van der Waals surface area contributed by atoms with Crippen LogP contribution in [-0.4, -0.2) is 0 Å². The topological polar surface area (TPSA) is 0 Å². The molecule has 0 spiro atoms. The SMILES string of the molecule is CC/C=C1\C(C)CC2CC1C2(C)C. The maximum atomic E-state index is 2.49. The fourth-order valence-corrected chi connectivity index (χ4v) is 3.47. The maximum Gasteiger partial charge on any atom is -0.0144 e. The molecule has 3 fully saturated rings. The van der Waals surface area contributed by atoms with E-state index in [0.717, 1.165) is 17.8 Å². The summed E-state index contributed by atoms with van der Waals surface area (Å²) in [5.74, 6) is 2.81. The van der Waals surface area contributed by atoms with Gasteiger partial charge in [0, 0.05) is 0 Å². The zero-order chi connectivity index (χ0) is 9.64. The third-order valence-electron chi connectivity index (χ3n) is 4.52. The average molecular weight is 178 g/mol. The highest BCUT2D eigenvalue weighted by Gasteiger charge is 2.53. The molecule has 13 heavy (non-hydrogen) atoms. The van der Waals surface area contributed by atoms with Crippen molar-refractivity contribution in [1.29, 1.82) is 0 Å². The molecule has 0 radical (unpaired) electrons. The van der Waals surface area contributed by atoms with Crippen molar-refractivity contribution in [2.75, 3.05) is 0 Å². The van der Waals surface area contributed by atoms with E-state index in [1.54, 1.807) is 5.57 Å². The Balaban J connectivity index is 2.23. The van der Waals surface area contributed by atoms with E-state index in [4.69, 9.17) is 0 Å². The zero-order valence-electron chi connectivity index (χ0n) is 9.43. The van der Waals surface area contributed by atoms with Gasteiger partial charge < -0.3 is 0 Å². The summed E-state index contributed by atoms with van der Waals surface area (Å²) >= 11 is 0. The molecule has 3 aliphatic carbocycles. The third kappa shape index (κ3) is 1.18. The Morgan fingerprint density at radius 2 is 2.08 bits per heavy atom. The first kappa shape index (κ1) is 9.30. The minimum Gasteiger partial charge on any atom is -0.0850 e. The van der Waals surface area contributed by atoms with E-state index in [9.17, 15) is 0 Å². The monoisotopic (exact) mass is 178 g/mol. The average Bonchev–Trinajstić information content (AvgIpc) is 2.08. The summed E-state index contributed by atoms with van der Waals surface area (Å²) in [5, 5.41) is 0. The standard InChI is InChI=1S/C13H22/c1-5-6-11-9(2)7-10-8-12(11)13(10,3)4/h6,9-10,12H,5,7-8H2,1-4H3/b11-6+. The minimum absolute atomic E-state index is 0.619. The highest BCUT2D eigenvalue weighted by molar-refractivity contribution is 5.24. The molecule has 0 aliphatic heterocycles. The normalized spacial score (nSPS) is 44.6. The van der Waals surface area contributed by atoms with Gasteiger partial charge in [0.1, 0.15) is 0 Å². The van der Waals surface area contributed by atoms with Crippen LogP contribution in [0.15, 0.2) is 11.6 Å². The maximum absolute atomic E-state index is 2.49. The van der Waals surface area contributed by atoms with E-state index < -0.39 is 0 Å². The highest BCUT2D eigenvalue weighted by atomic mass is 14.6. The Hall–Kier alpha value is -0.260. The molecule has 0 amide bonds. The molecule has 74 valence electrons. The molecule has 0 heterocycles. The van der Waals surface area contributed by atoms with Crippen LogP contribution < -0.4 is 0 Å². The molecule has 3 aliphatic rings. The molecule has 0 aromatic carbocycles. The van der Waals surface area contributed by atoms with Crippen LogP contribution in [0.3, 0.4) is 0 Å². The van der Waals surface area contributed by atoms with Gasteiger partial charge in [-0.1, -0.05) is 39.3 Å². The summed E-state index contributed by atoms with van der Waals surface area (Å²) in [6, 6.07) is 0. The van der Waals surface area contributed by atoms with E-state index in [2.05, 4.69) is 33.8 Å². The number of hydrogen-bond donors (Lipinski definition) is 0. The molecule has 0 saturated heterocycles. The number of allylic oxidation sites excluding steroid dienone is 2. The van der Waals surface area contributed by atoms with Gasteiger partial charge >= 0.3 is 0 Å². The van der Waals surface area contributed by atoms with Crippen molar-refractivity contribution < 1.29 is 0 Å². The molecule has 3 atom stereocenters. The van der Waals surface area contributed by atoms with E-state index in [1.807, 2.05) is 0 Å². The van der Waals surface area contributed by atoms with E-state index in [-0.39, 0.29) is 0 Å². The van der Waals surface area contributed by atoms with Crippen LogP contribution in [0.4, 0.5) is 0 Å². The molecule has 0 N–H and O–H groups in total. The van der Waals surface area contributed by atoms with Crippen LogP contribution in [0.2, 0.25) is 0 Å². The first-order valence-corrected chi connectivity index (χ1v) is 5.77. The van der Waals surface area contributed by atoms with Gasteiger partial charge in [-0.2, -0.15) is 0 Å². The Kier molecular flexibility index (Phi) is 2.05. The van der Waals surface area contributed by atoms with Crippen LogP contribution in [0.1, 0.15) is 47.0 Å². The second-order valence-corrected chi connectivity index (χ2v) is 5.56. The molecule has 0 heteroatoms. The quantitative estimate of drug-likeness (QED) is 0.532. The largest absolute Gasteiger partial charge is 0.0850 e. The molecule has 3 unspecified atom stereocenters.